The van der Waals surface area contributed by atoms with E-state index in [0.29, 0.717) is 0 Å². The molecule has 1 heterocycles. The highest BCUT2D eigenvalue weighted by molar-refractivity contribution is 8.13. The van der Waals surface area contributed by atoms with Gasteiger partial charge in [-0.25, -0.2) is 18.1 Å². The molecule has 1 rings (SSSR count). The summed E-state index contributed by atoms with van der Waals surface area (Å²) in [5.74, 6) is 0. The fraction of sp³-hybridized carbons (Fsp3) is 0.750. The van der Waals surface area contributed by atoms with Crippen molar-refractivity contribution in [3.05, 3.63) is 0 Å². The first-order valence-corrected chi connectivity index (χ1v) is 5.43. The molecular weight excluding hydrogens is 172 g/mol. The van der Waals surface area contributed by atoms with Gasteiger partial charge in [0.2, 0.25) is 5.50 Å². The molecule has 0 aliphatic carbocycles. The van der Waals surface area contributed by atoms with Crippen LogP contribution in [0.4, 0.5) is 0 Å². The highest BCUT2D eigenvalue weighted by atomic mass is 32.2. The average Bonchev–Trinajstić information content (AvgIpc) is 2.11. The summed E-state index contributed by atoms with van der Waals surface area (Å²) in [5.41, 5.74) is -0.738. The molecule has 1 unspecified atom stereocenters. The third-order valence-electron chi connectivity index (χ3n) is 1.01. The smallest absolute Gasteiger partial charge is 0.212 e. The van der Waals surface area contributed by atoms with E-state index in [-0.39, 0.29) is 0 Å². The number of nitrogens with zero attached hydrogens (tertiary/aromatic N) is 1. The number of hydrogen-bond donors (Lipinski definition) is 1. The Labute approximate surface area is 64.2 Å². The van der Waals surface area contributed by atoms with Crippen LogP contribution in [-0.2, 0) is 9.84 Å². The lowest BCUT2D eigenvalue weighted by molar-refractivity contribution is 0.586. The molecule has 4 nitrogen and oxygen atoms in total. The fourth-order valence-electron chi connectivity index (χ4n) is 0.537. The molecule has 1 N–H and O–H groups in total. The predicted octanol–water partition coefficient (Wildman–Crippen LogP) is -0.0156. The normalized spacial score (nSPS) is 26.6. The predicted molar refractivity (Wildman–Crippen MR) is 42.5 cm³/mol. The summed E-state index contributed by atoms with van der Waals surface area (Å²) in [6, 6.07) is 0. The van der Waals surface area contributed by atoms with Crippen molar-refractivity contribution in [2.75, 3.05) is 6.26 Å². The minimum absolute atomic E-state index is 0.738. The van der Waals surface area contributed by atoms with Gasteiger partial charge in [-0.1, -0.05) is 0 Å². The molecule has 0 saturated heterocycles. The molecule has 0 fully saturated rings. The number of hydrogen-bond acceptors (Lipinski definition) is 5. The first-order chi connectivity index (χ1) is 4.50. The van der Waals surface area contributed by atoms with Crippen molar-refractivity contribution < 1.29 is 8.42 Å². The Bertz CT molecular complexity index is 256. The quantitative estimate of drug-likeness (QED) is 0.576. The van der Waals surface area contributed by atoms with Crippen LogP contribution in [0.5, 0.6) is 0 Å². The highest BCUT2D eigenvalue weighted by Crippen LogP contribution is 2.14. The molecule has 1 aliphatic rings. The second-order valence-corrected chi connectivity index (χ2v) is 5.19. The summed E-state index contributed by atoms with van der Waals surface area (Å²) in [6.07, 6.45) is 1.16. The number of nitrogens with one attached hydrogen (secondary N) is 1. The second kappa shape index (κ2) is 2.52. The van der Waals surface area contributed by atoms with E-state index in [4.69, 9.17) is 0 Å². The highest BCUT2D eigenvalue weighted by Gasteiger charge is 2.23. The summed E-state index contributed by atoms with van der Waals surface area (Å²) in [4.78, 5) is 3.84. The SMILES string of the molecule is CC1=NC(S(C)(=O)=O)NS1. The summed E-state index contributed by atoms with van der Waals surface area (Å²) >= 11 is 1.25. The van der Waals surface area contributed by atoms with Crippen LogP contribution in [0.1, 0.15) is 6.92 Å². The first-order valence-electron chi connectivity index (χ1n) is 2.66. The Kier molecular flexibility index (Phi) is 2.02. The molecule has 58 valence electrons. The molecule has 1 aliphatic heterocycles. The minimum atomic E-state index is -3.05. The standard InChI is InChI=1S/C4H8N2O2S2/c1-3-5-4(6-9-3)10(2,7)8/h4,6H,1-2H3. The number of sulfone groups is 1. The van der Waals surface area contributed by atoms with Gasteiger partial charge in [-0.2, -0.15) is 0 Å². The van der Waals surface area contributed by atoms with E-state index in [0.717, 1.165) is 11.3 Å². The maximum atomic E-state index is 10.8. The zero-order chi connectivity index (χ0) is 7.78. The van der Waals surface area contributed by atoms with Crippen LogP contribution >= 0.6 is 11.9 Å². The van der Waals surface area contributed by atoms with Crippen LogP contribution in [0.2, 0.25) is 0 Å². The molecular formula is C4H8N2O2S2. The van der Waals surface area contributed by atoms with Gasteiger partial charge in [0.05, 0.1) is 5.04 Å². The van der Waals surface area contributed by atoms with E-state index < -0.39 is 15.3 Å². The molecule has 10 heavy (non-hydrogen) atoms. The lowest BCUT2D eigenvalue weighted by atomic mass is 10.9. The molecule has 0 aromatic carbocycles. The van der Waals surface area contributed by atoms with Crippen LogP contribution in [0.3, 0.4) is 0 Å². The summed E-state index contributed by atoms with van der Waals surface area (Å²) in [7, 11) is -3.05. The van der Waals surface area contributed by atoms with Gasteiger partial charge in [-0.3, -0.25) is 0 Å². The lowest BCUT2D eigenvalue weighted by Gasteiger charge is -2.01. The van der Waals surface area contributed by atoms with Crippen LogP contribution in [-0.4, -0.2) is 25.2 Å². The van der Waals surface area contributed by atoms with Crippen LogP contribution < -0.4 is 4.72 Å². The van der Waals surface area contributed by atoms with E-state index in [1.807, 2.05) is 0 Å². The van der Waals surface area contributed by atoms with E-state index in [2.05, 4.69) is 9.71 Å². The van der Waals surface area contributed by atoms with Crippen LogP contribution in [0.25, 0.3) is 0 Å². The van der Waals surface area contributed by atoms with Crippen molar-refractivity contribution in [3.63, 3.8) is 0 Å². The molecule has 0 saturated carbocycles. The Morgan fingerprint density at radius 3 is 2.50 bits per heavy atom. The topological polar surface area (TPSA) is 58.5 Å². The molecule has 0 amide bonds. The van der Waals surface area contributed by atoms with E-state index in [1.165, 1.54) is 11.9 Å². The maximum Gasteiger partial charge on any atom is 0.212 e. The van der Waals surface area contributed by atoms with E-state index >= 15 is 0 Å². The van der Waals surface area contributed by atoms with Gasteiger partial charge in [-0.05, 0) is 18.9 Å². The third-order valence-corrected chi connectivity index (χ3v) is 2.94. The molecule has 0 aromatic rings. The zero-order valence-corrected chi connectivity index (χ0v) is 7.29. The summed E-state index contributed by atoms with van der Waals surface area (Å²) in [6.45, 7) is 1.77. The molecule has 0 spiro atoms. The van der Waals surface area contributed by atoms with Gasteiger partial charge in [0.1, 0.15) is 0 Å². The Hall–Kier alpha value is -0.0700. The van der Waals surface area contributed by atoms with Gasteiger partial charge in [-0.15, -0.1) is 0 Å². The molecule has 1 atom stereocenters. The maximum absolute atomic E-state index is 10.8. The number of aliphatic imine (C=N–C) groups is 1. The summed E-state index contributed by atoms with van der Waals surface area (Å²) < 4.78 is 24.3. The monoisotopic (exact) mass is 180 g/mol. The molecule has 0 aromatic heterocycles. The average molecular weight is 180 g/mol. The Balaban J connectivity index is 2.81. The second-order valence-electron chi connectivity index (χ2n) is 2.05. The van der Waals surface area contributed by atoms with E-state index in [9.17, 15) is 8.42 Å². The minimum Gasteiger partial charge on any atom is -0.246 e. The fourth-order valence-corrected chi connectivity index (χ4v) is 2.28. The van der Waals surface area contributed by atoms with Gasteiger partial charge < -0.3 is 0 Å². The van der Waals surface area contributed by atoms with Crippen LogP contribution in [0, 0.1) is 0 Å². The van der Waals surface area contributed by atoms with Gasteiger partial charge >= 0.3 is 0 Å². The molecule has 0 radical (unpaired) electrons. The molecule has 0 bridgehead atoms. The van der Waals surface area contributed by atoms with Gasteiger partial charge in [0.15, 0.2) is 9.84 Å². The van der Waals surface area contributed by atoms with Gasteiger partial charge in [0, 0.05) is 6.26 Å². The Morgan fingerprint density at radius 1 is 1.70 bits per heavy atom. The third kappa shape index (κ3) is 1.71. The molecule has 6 heteroatoms. The number of rotatable bonds is 1. The van der Waals surface area contributed by atoms with Crippen molar-refractivity contribution in [2.24, 2.45) is 4.99 Å². The Morgan fingerprint density at radius 2 is 2.30 bits per heavy atom. The first kappa shape index (κ1) is 8.03. The van der Waals surface area contributed by atoms with E-state index in [1.54, 1.807) is 6.92 Å². The van der Waals surface area contributed by atoms with Crippen LogP contribution in [0.15, 0.2) is 4.99 Å². The summed E-state index contributed by atoms with van der Waals surface area (Å²) in [5, 5.41) is 0.760. The van der Waals surface area contributed by atoms with Crippen molar-refractivity contribution in [1.82, 2.24) is 4.72 Å². The zero-order valence-electron chi connectivity index (χ0n) is 5.66. The van der Waals surface area contributed by atoms with Gasteiger partial charge in [0.25, 0.3) is 0 Å². The lowest BCUT2D eigenvalue weighted by Crippen LogP contribution is -2.25. The van der Waals surface area contributed by atoms with Crippen molar-refractivity contribution in [3.8, 4) is 0 Å². The largest absolute Gasteiger partial charge is 0.246 e. The van der Waals surface area contributed by atoms with Crippen molar-refractivity contribution >= 4 is 26.8 Å². The van der Waals surface area contributed by atoms with Crippen molar-refractivity contribution in [2.45, 2.75) is 12.4 Å². The van der Waals surface area contributed by atoms with Crippen molar-refractivity contribution in [1.29, 1.82) is 0 Å².